The predicted molar refractivity (Wildman–Crippen MR) is 104 cm³/mol. The molecule has 0 saturated carbocycles. The lowest BCUT2D eigenvalue weighted by atomic mass is 9.96. The van der Waals surface area contributed by atoms with Gasteiger partial charge in [0.1, 0.15) is 12.4 Å². The van der Waals surface area contributed by atoms with Crippen molar-refractivity contribution in [2.24, 2.45) is 5.92 Å². The molecule has 5 nitrogen and oxygen atoms in total. The van der Waals surface area contributed by atoms with Gasteiger partial charge in [0.05, 0.1) is 12.0 Å². The molecule has 0 radical (unpaired) electrons. The summed E-state index contributed by atoms with van der Waals surface area (Å²) >= 11 is 0. The zero-order valence-electron chi connectivity index (χ0n) is 15.6. The number of ether oxygens (including phenoxy) is 2. The van der Waals surface area contributed by atoms with E-state index in [4.69, 9.17) is 9.47 Å². The van der Waals surface area contributed by atoms with Gasteiger partial charge in [-0.15, -0.1) is 0 Å². The van der Waals surface area contributed by atoms with Crippen molar-refractivity contribution in [3.63, 3.8) is 0 Å². The van der Waals surface area contributed by atoms with Crippen LogP contribution in [0.1, 0.15) is 31.2 Å². The smallest absolute Gasteiger partial charge is 0.307 e. The molecule has 2 atom stereocenters. The number of hydrogen-bond acceptors (Lipinski definition) is 4. The lowest BCUT2D eigenvalue weighted by Gasteiger charge is -2.31. The van der Waals surface area contributed by atoms with E-state index in [1.807, 2.05) is 18.2 Å². The van der Waals surface area contributed by atoms with Crippen LogP contribution in [0.2, 0.25) is 0 Å². The maximum atomic E-state index is 11.4. The van der Waals surface area contributed by atoms with Gasteiger partial charge in [-0.25, -0.2) is 0 Å². The van der Waals surface area contributed by atoms with Gasteiger partial charge < -0.3 is 14.6 Å². The van der Waals surface area contributed by atoms with E-state index in [0.29, 0.717) is 19.7 Å². The van der Waals surface area contributed by atoms with Gasteiger partial charge in [-0.05, 0) is 49.1 Å². The van der Waals surface area contributed by atoms with Crippen molar-refractivity contribution < 1.29 is 19.4 Å². The van der Waals surface area contributed by atoms with E-state index < -0.39 is 5.97 Å². The number of hydrogen-bond donors (Lipinski definition) is 1. The van der Waals surface area contributed by atoms with Gasteiger partial charge in [0.15, 0.2) is 0 Å². The SMILES string of the molecule is O=C(O)C1CCCN(Cc2c(OCC3CCCO3)ccc3ccccc23)C1. The quantitative estimate of drug-likeness (QED) is 0.841. The molecule has 1 N–H and O–H groups in total. The summed E-state index contributed by atoms with van der Waals surface area (Å²) in [6, 6.07) is 12.5. The minimum atomic E-state index is -0.688. The van der Waals surface area contributed by atoms with Crippen LogP contribution in [0.15, 0.2) is 36.4 Å². The molecule has 0 amide bonds. The van der Waals surface area contributed by atoms with Crippen LogP contribution in [0, 0.1) is 5.92 Å². The van der Waals surface area contributed by atoms with Gasteiger partial charge in [0.25, 0.3) is 0 Å². The second kappa shape index (κ2) is 8.28. The highest BCUT2D eigenvalue weighted by atomic mass is 16.5. The van der Waals surface area contributed by atoms with Crippen molar-refractivity contribution in [2.75, 3.05) is 26.3 Å². The third kappa shape index (κ3) is 4.25. The first-order valence-corrected chi connectivity index (χ1v) is 9.91. The summed E-state index contributed by atoms with van der Waals surface area (Å²) in [4.78, 5) is 13.7. The summed E-state index contributed by atoms with van der Waals surface area (Å²) in [5, 5.41) is 11.8. The van der Waals surface area contributed by atoms with Crippen molar-refractivity contribution in [3.8, 4) is 5.75 Å². The van der Waals surface area contributed by atoms with Gasteiger partial charge in [-0.1, -0.05) is 30.3 Å². The molecule has 2 unspecified atom stereocenters. The largest absolute Gasteiger partial charge is 0.491 e. The standard InChI is InChI=1S/C22H27NO4/c24-22(25)17-6-3-11-23(13-17)14-20-19-8-2-1-5-16(19)9-10-21(20)27-15-18-7-4-12-26-18/h1-2,5,8-10,17-18H,3-4,6-7,11-15H2,(H,24,25). The second-order valence-electron chi connectivity index (χ2n) is 7.62. The predicted octanol–water partition coefficient (Wildman–Crippen LogP) is 3.69. The Kier molecular flexibility index (Phi) is 5.60. The Balaban J connectivity index is 1.57. The number of benzene rings is 2. The summed E-state index contributed by atoms with van der Waals surface area (Å²) in [5.74, 6) is -0.0703. The Bertz CT molecular complexity index is 800. The Morgan fingerprint density at radius 3 is 2.89 bits per heavy atom. The fourth-order valence-corrected chi connectivity index (χ4v) is 4.20. The summed E-state index contributed by atoms with van der Waals surface area (Å²) in [7, 11) is 0. The first-order valence-electron chi connectivity index (χ1n) is 9.91. The molecule has 5 heteroatoms. The summed E-state index contributed by atoms with van der Waals surface area (Å²) < 4.78 is 11.9. The van der Waals surface area contributed by atoms with Gasteiger partial charge in [-0.2, -0.15) is 0 Å². The van der Waals surface area contributed by atoms with Crippen LogP contribution < -0.4 is 4.74 Å². The number of carboxylic acid groups (broad SMARTS) is 1. The van der Waals surface area contributed by atoms with E-state index >= 15 is 0 Å². The Morgan fingerprint density at radius 2 is 2.07 bits per heavy atom. The van der Waals surface area contributed by atoms with Crippen LogP contribution in [0.3, 0.4) is 0 Å². The number of piperidine rings is 1. The Labute approximate surface area is 159 Å². The average molecular weight is 369 g/mol. The monoisotopic (exact) mass is 369 g/mol. The van der Waals surface area contributed by atoms with E-state index in [0.717, 1.165) is 50.1 Å². The summed E-state index contributed by atoms with van der Waals surface area (Å²) in [6.07, 6.45) is 4.02. The normalized spacial score (nSPS) is 23.6. The molecular weight excluding hydrogens is 342 g/mol. The molecule has 2 heterocycles. The number of aliphatic carboxylic acids is 1. The van der Waals surface area contributed by atoms with Crippen LogP contribution in [0.5, 0.6) is 5.75 Å². The molecule has 4 rings (SSSR count). The molecule has 2 saturated heterocycles. The highest BCUT2D eigenvalue weighted by Gasteiger charge is 2.26. The van der Waals surface area contributed by atoms with E-state index in [9.17, 15) is 9.90 Å². The van der Waals surface area contributed by atoms with Gasteiger partial charge in [0, 0.05) is 25.3 Å². The Morgan fingerprint density at radius 1 is 1.19 bits per heavy atom. The average Bonchev–Trinajstić information content (AvgIpc) is 3.21. The molecule has 0 bridgehead atoms. The molecule has 2 fully saturated rings. The molecule has 0 spiro atoms. The fourth-order valence-electron chi connectivity index (χ4n) is 4.20. The topological polar surface area (TPSA) is 59.0 Å². The molecule has 0 aromatic heterocycles. The number of likely N-dealkylation sites (tertiary alicyclic amines) is 1. The lowest BCUT2D eigenvalue weighted by molar-refractivity contribution is -0.143. The minimum absolute atomic E-state index is 0.177. The molecule has 27 heavy (non-hydrogen) atoms. The molecular formula is C22H27NO4. The first-order chi connectivity index (χ1) is 13.2. The maximum Gasteiger partial charge on any atom is 0.307 e. The second-order valence-corrected chi connectivity index (χ2v) is 7.62. The number of fused-ring (bicyclic) bond motifs is 1. The zero-order valence-corrected chi connectivity index (χ0v) is 15.6. The van der Waals surface area contributed by atoms with Crippen LogP contribution in [-0.4, -0.2) is 48.4 Å². The summed E-state index contributed by atoms with van der Waals surface area (Å²) in [6.45, 7) is 3.64. The highest BCUT2D eigenvalue weighted by molar-refractivity contribution is 5.87. The van der Waals surface area contributed by atoms with Crippen LogP contribution in [-0.2, 0) is 16.1 Å². The highest BCUT2D eigenvalue weighted by Crippen LogP contribution is 2.31. The van der Waals surface area contributed by atoms with E-state index in [1.54, 1.807) is 0 Å². The molecule has 2 aliphatic rings. The van der Waals surface area contributed by atoms with Crippen LogP contribution >= 0.6 is 0 Å². The maximum absolute atomic E-state index is 11.4. The van der Waals surface area contributed by atoms with Gasteiger partial charge in [-0.3, -0.25) is 9.69 Å². The Hall–Kier alpha value is -2.11. The van der Waals surface area contributed by atoms with Crippen molar-refractivity contribution in [2.45, 2.75) is 38.3 Å². The number of carboxylic acids is 1. The molecule has 2 aromatic carbocycles. The fraction of sp³-hybridized carbons (Fsp3) is 0.500. The number of carbonyl (C=O) groups is 1. The summed E-state index contributed by atoms with van der Waals surface area (Å²) in [5.41, 5.74) is 1.15. The number of nitrogens with zero attached hydrogens (tertiary/aromatic N) is 1. The first kappa shape index (κ1) is 18.3. The third-order valence-corrected chi connectivity index (χ3v) is 5.68. The lowest BCUT2D eigenvalue weighted by Crippen LogP contribution is -2.38. The van der Waals surface area contributed by atoms with Gasteiger partial charge >= 0.3 is 5.97 Å². The molecule has 2 aromatic rings. The molecule has 2 aliphatic heterocycles. The van der Waals surface area contributed by atoms with Crippen molar-refractivity contribution in [3.05, 3.63) is 42.0 Å². The van der Waals surface area contributed by atoms with Gasteiger partial charge in [0.2, 0.25) is 0 Å². The number of rotatable bonds is 6. The van der Waals surface area contributed by atoms with E-state index in [-0.39, 0.29) is 12.0 Å². The third-order valence-electron chi connectivity index (χ3n) is 5.68. The molecule has 0 aliphatic carbocycles. The van der Waals surface area contributed by atoms with Crippen molar-refractivity contribution in [1.29, 1.82) is 0 Å². The van der Waals surface area contributed by atoms with E-state index in [2.05, 4.69) is 23.1 Å². The minimum Gasteiger partial charge on any atom is -0.491 e. The van der Waals surface area contributed by atoms with Crippen LogP contribution in [0.4, 0.5) is 0 Å². The van der Waals surface area contributed by atoms with E-state index in [1.165, 1.54) is 10.8 Å². The van der Waals surface area contributed by atoms with Crippen molar-refractivity contribution >= 4 is 16.7 Å². The van der Waals surface area contributed by atoms with Crippen molar-refractivity contribution in [1.82, 2.24) is 4.90 Å². The van der Waals surface area contributed by atoms with Crippen LogP contribution in [0.25, 0.3) is 10.8 Å². The molecule has 144 valence electrons. The zero-order chi connectivity index (χ0) is 18.6.